The first-order chi connectivity index (χ1) is 27.6. The first kappa shape index (κ1) is 53.0. The Bertz CT molecular complexity index is 2250. The first-order valence-electron chi connectivity index (χ1n) is 15.4. The van der Waals surface area contributed by atoms with Gasteiger partial charge < -0.3 is 32.4 Å². The number of benzene rings is 2. The number of hydrogen-bond acceptors (Lipinski definition) is 23. The fourth-order valence-corrected chi connectivity index (χ4v) is 5.25. The standard InChI is InChI=1S/C30H28N6O5.2H2O7S2.Zr/c37-29(23-9-13-31-14-10-23)35-33-21-25-5-1-3-7-27(25)40-19-17-39-18-20-41-28-8-4-2-6-26(28)22-34-36-30(38)24-11-15-32-16-12-24;2*1-8(2,3)7-9(4,5)6;/h1-16,21-22H,17-20H2,(H,35,37)(H,36,38);2*(H,1,2,3)(H,4,5,6);/q;;;+4/p-4. The second kappa shape index (κ2) is 26.3. The summed E-state index contributed by atoms with van der Waals surface area (Å²) >= 11 is 0. The van der Waals surface area contributed by atoms with Crippen LogP contribution < -0.4 is 20.3 Å². The summed E-state index contributed by atoms with van der Waals surface area (Å²) in [6.07, 6.45) is 9.21. The van der Waals surface area contributed by atoms with Gasteiger partial charge in [-0.1, -0.05) is 24.3 Å². The molecule has 0 aliphatic heterocycles. The molecule has 2 amide bonds. The van der Waals surface area contributed by atoms with Crippen LogP contribution in [0, 0.1) is 0 Å². The topological polar surface area (TPSA) is 384 Å². The Kier molecular flexibility index (Phi) is 23.2. The van der Waals surface area contributed by atoms with Gasteiger partial charge in [0.25, 0.3) is 11.8 Å². The average Bonchev–Trinajstić information content (AvgIpc) is 3.13. The molecule has 25 nitrogen and oxygen atoms in total. The predicted molar refractivity (Wildman–Crippen MR) is 194 cm³/mol. The Morgan fingerprint density at radius 2 is 0.850 bits per heavy atom. The van der Waals surface area contributed by atoms with Gasteiger partial charge in [-0.2, -0.15) is 17.5 Å². The molecule has 0 aliphatic rings. The summed E-state index contributed by atoms with van der Waals surface area (Å²) in [7, 11) is -21.7. The molecule has 0 atom stereocenters. The van der Waals surface area contributed by atoms with Crippen LogP contribution in [0.25, 0.3) is 0 Å². The monoisotopic (exact) mass is 994 g/mol. The third-order valence-corrected chi connectivity index (χ3v) is 8.43. The third-order valence-electron chi connectivity index (χ3n) is 5.77. The van der Waals surface area contributed by atoms with Crippen LogP contribution in [0.2, 0.25) is 0 Å². The number of carbonyl (C=O) groups is 2. The largest absolute Gasteiger partial charge is 4.00 e. The van der Waals surface area contributed by atoms with Gasteiger partial charge in [0, 0.05) is 47.0 Å². The van der Waals surface area contributed by atoms with Gasteiger partial charge in [0.1, 0.15) is 24.7 Å². The SMILES string of the molecule is O=C(NN=Cc1ccccc1OCCOCCOc1ccccc1C=NNC(=O)c1ccncc1)c1ccncc1.O=S(=O)([O-])OS(=O)(=O)[O-].O=S(=O)([O-])OS(=O)(=O)[O-].[Zr+4]. The molecule has 30 heteroatoms. The van der Waals surface area contributed by atoms with E-state index in [2.05, 4.69) is 38.3 Å². The van der Waals surface area contributed by atoms with Crippen molar-refractivity contribution in [1.29, 1.82) is 0 Å². The van der Waals surface area contributed by atoms with Gasteiger partial charge in [-0.15, -0.1) is 0 Å². The number of nitrogens with one attached hydrogen (secondary N) is 2. The van der Waals surface area contributed by atoms with E-state index in [0.29, 0.717) is 60.2 Å². The predicted octanol–water partition coefficient (Wildman–Crippen LogP) is -0.677. The van der Waals surface area contributed by atoms with E-state index in [9.17, 15) is 61.5 Å². The minimum absolute atomic E-state index is 0. The molecule has 0 saturated heterocycles. The summed E-state index contributed by atoms with van der Waals surface area (Å²) in [6, 6.07) is 21.1. The first-order valence-corrected chi connectivity index (χ1v) is 20.7. The maximum Gasteiger partial charge on any atom is 4.00 e. The molecule has 0 unspecified atom stereocenters. The van der Waals surface area contributed by atoms with Gasteiger partial charge in [0.2, 0.25) is 41.6 Å². The summed E-state index contributed by atoms with van der Waals surface area (Å²) in [5.74, 6) is 0.553. The van der Waals surface area contributed by atoms with Crippen molar-refractivity contribution >= 4 is 65.8 Å². The number of aromatic nitrogens is 2. The Balaban J connectivity index is 0.000000789. The molecule has 0 saturated carbocycles. The number of pyridine rings is 2. The van der Waals surface area contributed by atoms with E-state index in [1.807, 2.05) is 48.5 Å². The number of ether oxygens (including phenoxy) is 3. The van der Waals surface area contributed by atoms with Crippen molar-refractivity contribution in [2.24, 2.45) is 10.2 Å². The molecule has 4 rings (SSSR count). The number of carbonyl (C=O) groups excluding carboxylic acids is 2. The van der Waals surface area contributed by atoms with Gasteiger partial charge in [-0.25, -0.2) is 44.5 Å². The van der Waals surface area contributed by atoms with Crippen LogP contribution in [0.3, 0.4) is 0 Å². The Morgan fingerprint density at radius 1 is 0.533 bits per heavy atom. The zero-order valence-corrected chi connectivity index (χ0v) is 35.6. The molecule has 2 N–H and O–H groups in total. The average molecular weight is 996 g/mol. The zero-order chi connectivity index (χ0) is 44.0. The van der Waals surface area contributed by atoms with E-state index in [1.54, 1.807) is 49.1 Å². The summed E-state index contributed by atoms with van der Waals surface area (Å²) in [4.78, 5) is 32.0. The van der Waals surface area contributed by atoms with E-state index in [0.717, 1.165) is 0 Å². The number of rotatable bonds is 18. The maximum absolute atomic E-state index is 12.1. The molecule has 0 spiro atoms. The molecule has 0 bridgehead atoms. The number of para-hydroxylation sites is 2. The molecule has 320 valence electrons. The van der Waals surface area contributed by atoms with E-state index in [-0.39, 0.29) is 38.0 Å². The zero-order valence-electron chi connectivity index (χ0n) is 29.9. The molecule has 60 heavy (non-hydrogen) atoms. The summed E-state index contributed by atoms with van der Waals surface area (Å²) in [6.45, 7) is 1.32. The fourth-order valence-electron chi connectivity index (χ4n) is 3.62. The van der Waals surface area contributed by atoms with Crippen molar-refractivity contribution < 1.29 is 109 Å². The van der Waals surface area contributed by atoms with Gasteiger partial charge in [0.05, 0.1) is 25.6 Å². The van der Waals surface area contributed by atoms with Crippen LogP contribution in [0.5, 0.6) is 11.5 Å². The molecule has 2 aromatic heterocycles. The van der Waals surface area contributed by atoms with Gasteiger partial charge >= 0.3 is 26.2 Å². The van der Waals surface area contributed by atoms with Crippen LogP contribution in [-0.2, 0) is 79.8 Å². The molecule has 0 fully saturated rings. The van der Waals surface area contributed by atoms with Gasteiger partial charge in [-0.3, -0.25) is 19.6 Å². The van der Waals surface area contributed by atoms with Crippen LogP contribution in [0.15, 0.2) is 108 Å². The smallest absolute Gasteiger partial charge is 0.725 e. The van der Waals surface area contributed by atoms with Crippen molar-refractivity contribution in [3.8, 4) is 11.5 Å². The maximum atomic E-state index is 12.1. The van der Waals surface area contributed by atoms with Crippen LogP contribution in [0.1, 0.15) is 31.8 Å². The molecule has 2 aromatic carbocycles. The second-order valence-corrected chi connectivity index (χ2v) is 14.4. The van der Waals surface area contributed by atoms with Gasteiger partial charge in [-0.05, 0) is 48.5 Å². The van der Waals surface area contributed by atoms with E-state index >= 15 is 0 Å². The van der Waals surface area contributed by atoms with Gasteiger partial charge in [0.15, 0.2) is 0 Å². The minimum atomic E-state index is -5.43. The number of hydrogen-bond donors (Lipinski definition) is 2. The summed E-state index contributed by atoms with van der Waals surface area (Å²) in [5, 5.41) is 8.04. The van der Waals surface area contributed by atoms with Crippen molar-refractivity contribution in [2.45, 2.75) is 0 Å². The third kappa shape index (κ3) is 25.5. The summed E-state index contributed by atoms with van der Waals surface area (Å²) in [5.41, 5.74) is 7.31. The Hall–Kier alpha value is -4.98. The molecule has 0 aliphatic carbocycles. The number of hydrazone groups is 2. The Morgan fingerprint density at radius 3 is 1.15 bits per heavy atom. The van der Waals surface area contributed by atoms with Crippen molar-refractivity contribution in [3.05, 3.63) is 120 Å². The molecule has 0 radical (unpaired) electrons. The van der Waals surface area contributed by atoms with Crippen LogP contribution in [-0.4, -0.2) is 113 Å². The van der Waals surface area contributed by atoms with Crippen LogP contribution in [0.4, 0.5) is 0 Å². The normalized spacial score (nSPS) is 11.5. The molecular weight excluding hydrogens is 968 g/mol. The van der Waals surface area contributed by atoms with E-state index < -0.39 is 41.6 Å². The molecule has 2 heterocycles. The number of nitrogens with zero attached hydrogens (tertiary/aromatic N) is 4. The fraction of sp³-hybridized carbons (Fsp3) is 0.133. The Labute approximate surface area is 361 Å². The second-order valence-electron chi connectivity index (χ2n) is 10.0. The van der Waals surface area contributed by atoms with E-state index in [4.69, 9.17) is 14.2 Å². The van der Waals surface area contributed by atoms with Crippen molar-refractivity contribution in [1.82, 2.24) is 20.8 Å². The van der Waals surface area contributed by atoms with Crippen molar-refractivity contribution in [3.63, 3.8) is 0 Å². The number of amides is 2. The quantitative estimate of drug-likeness (QED) is 0.0410. The van der Waals surface area contributed by atoms with E-state index in [1.165, 1.54) is 12.4 Å². The minimum Gasteiger partial charge on any atom is -0.725 e. The molecule has 4 aromatic rings. The summed E-state index contributed by atoms with van der Waals surface area (Å²) < 4.78 is 134. The van der Waals surface area contributed by atoms with Crippen molar-refractivity contribution in [2.75, 3.05) is 26.4 Å². The van der Waals surface area contributed by atoms with Crippen LogP contribution >= 0.6 is 0 Å². The molecular formula is C30H28N6O19S4Zr.